The van der Waals surface area contributed by atoms with Gasteiger partial charge in [-0.2, -0.15) is 0 Å². The minimum atomic E-state index is -2.63. The van der Waals surface area contributed by atoms with Gasteiger partial charge >= 0.3 is 92.8 Å². The molecule has 3 nitrogen and oxygen atoms in total. The van der Waals surface area contributed by atoms with Crippen LogP contribution in [0.4, 0.5) is 0 Å². The van der Waals surface area contributed by atoms with E-state index in [2.05, 4.69) is 19.8 Å². The molecule has 80 valence electrons. The Bertz CT molecular complexity index is 132. The van der Waals surface area contributed by atoms with Crippen LogP contribution in [0.25, 0.3) is 0 Å². The Hall–Kier alpha value is 1.48. The normalized spacial score (nSPS) is 13.4. The van der Waals surface area contributed by atoms with E-state index < -0.39 is 38.4 Å². The SMILES string of the molecule is CC[O][Sn]([CH3])([CH3])[O][Sn]([CH3])([CH3])[O]CC. The Morgan fingerprint density at radius 3 is 1.31 bits per heavy atom. The molecule has 0 saturated carbocycles. The Morgan fingerprint density at radius 2 is 1.08 bits per heavy atom. The zero-order valence-electron chi connectivity index (χ0n) is 9.64. The van der Waals surface area contributed by atoms with E-state index >= 15 is 0 Å². The summed E-state index contributed by atoms with van der Waals surface area (Å²) in [5.74, 6) is 0. The van der Waals surface area contributed by atoms with Crippen LogP contribution in [0.3, 0.4) is 0 Å². The second-order valence-corrected chi connectivity index (χ2v) is 25.9. The van der Waals surface area contributed by atoms with Crippen molar-refractivity contribution >= 4 is 38.4 Å². The summed E-state index contributed by atoms with van der Waals surface area (Å²) in [5, 5.41) is 0. The molecular weight excluding hydrogens is 382 g/mol. The summed E-state index contributed by atoms with van der Waals surface area (Å²) in [5.41, 5.74) is 0. The molecule has 0 saturated heterocycles. The first-order chi connectivity index (χ1) is 5.83. The summed E-state index contributed by atoms with van der Waals surface area (Å²) in [6.07, 6.45) is 0. The van der Waals surface area contributed by atoms with Crippen LogP contribution >= 0.6 is 0 Å². The quantitative estimate of drug-likeness (QED) is 0.638. The van der Waals surface area contributed by atoms with Crippen LogP contribution in [0, 0.1) is 0 Å². The van der Waals surface area contributed by atoms with Crippen LogP contribution in [0.5, 0.6) is 0 Å². The fourth-order valence-electron chi connectivity index (χ4n) is 1.35. The van der Waals surface area contributed by atoms with Gasteiger partial charge in [-0.1, -0.05) is 0 Å². The third-order valence-electron chi connectivity index (χ3n) is 1.48. The molecule has 0 bridgehead atoms. The van der Waals surface area contributed by atoms with Gasteiger partial charge < -0.3 is 0 Å². The van der Waals surface area contributed by atoms with Crippen molar-refractivity contribution in [2.24, 2.45) is 0 Å². The van der Waals surface area contributed by atoms with E-state index in [1.54, 1.807) is 0 Å². The maximum atomic E-state index is 6.08. The summed E-state index contributed by atoms with van der Waals surface area (Å²) in [6, 6.07) is 0. The molecule has 13 heavy (non-hydrogen) atoms. The molecule has 0 atom stereocenters. The molecule has 0 unspecified atom stereocenters. The summed E-state index contributed by atoms with van der Waals surface area (Å²) in [7, 11) is 0. The summed E-state index contributed by atoms with van der Waals surface area (Å²) in [4.78, 5) is 8.59. The summed E-state index contributed by atoms with van der Waals surface area (Å²) >= 11 is -5.26. The summed E-state index contributed by atoms with van der Waals surface area (Å²) in [6.45, 7) is 5.56. The maximum absolute atomic E-state index is 6.08. The number of hydrogen-bond acceptors (Lipinski definition) is 3. The molecule has 0 radical (unpaired) electrons. The standard InChI is InChI=1S/2C2H5O.4CH3.O.2Sn/c2*1-2-3;;;;;;;/h2*2H2,1H3;4*1H3;;;/q2*-1;;;;;;2*+1. The van der Waals surface area contributed by atoms with Gasteiger partial charge in [-0.05, 0) is 0 Å². The van der Waals surface area contributed by atoms with Crippen molar-refractivity contribution in [1.82, 2.24) is 0 Å². The fraction of sp³-hybridized carbons (Fsp3) is 1.00. The zero-order valence-corrected chi connectivity index (χ0v) is 15.3. The topological polar surface area (TPSA) is 27.7 Å². The van der Waals surface area contributed by atoms with Crippen LogP contribution in [-0.2, 0) is 7.56 Å². The predicted octanol–water partition coefficient (Wildman–Crippen LogP) is 2.48. The zero-order chi connectivity index (χ0) is 10.5. The molecule has 0 rings (SSSR count). The van der Waals surface area contributed by atoms with Gasteiger partial charge in [0.2, 0.25) is 0 Å². The van der Waals surface area contributed by atoms with E-state index in [1.807, 2.05) is 13.8 Å². The second kappa shape index (κ2) is 6.15. The van der Waals surface area contributed by atoms with E-state index in [1.165, 1.54) is 0 Å². The third kappa shape index (κ3) is 7.41. The first-order valence-corrected chi connectivity index (χ1v) is 20.9. The van der Waals surface area contributed by atoms with Crippen LogP contribution in [0.2, 0.25) is 19.8 Å². The first kappa shape index (κ1) is 14.5. The van der Waals surface area contributed by atoms with Crippen LogP contribution in [0.15, 0.2) is 0 Å². The third-order valence-corrected chi connectivity index (χ3v) is 28.7. The monoisotopic (exact) mass is 406 g/mol. The predicted molar refractivity (Wildman–Crippen MR) is 59.3 cm³/mol. The van der Waals surface area contributed by atoms with E-state index in [0.29, 0.717) is 0 Å². The molecule has 0 aliphatic heterocycles. The molecule has 0 fully saturated rings. The number of hydrogen-bond donors (Lipinski definition) is 0. The van der Waals surface area contributed by atoms with Gasteiger partial charge in [-0.15, -0.1) is 0 Å². The van der Waals surface area contributed by atoms with Crippen molar-refractivity contribution in [3.05, 3.63) is 0 Å². The number of rotatable bonds is 6. The summed E-state index contributed by atoms with van der Waals surface area (Å²) < 4.78 is 17.4. The Morgan fingerprint density at radius 1 is 0.769 bits per heavy atom. The average molecular weight is 404 g/mol. The van der Waals surface area contributed by atoms with Crippen LogP contribution in [0.1, 0.15) is 13.8 Å². The van der Waals surface area contributed by atoms with Crippen LogP contribution < -0.4 is 0 Å². The second-order valence-electron chi connectivity index (χ2n) is 3.77. The average Bonchev–Trinajstić information content (AvgIpc) is 1.82. The van der Waals surface area contributed by atoms with Crippen molar-refractivity contribution in [2.75, 3.05) is 13.2 Å². The molecule has 0 aliphatic carbocycles. The fourth-order valence-corrected chi connectivity index (χ4v) is 34.0. The van der Waals surface area contributed by atoms with Crippen molar-refractivity contribution in [3.63, 3.8) is 0 Å². The Balaban J connectivity index is 4.07. The van der Waals surface area contributed by atoms with Crippen molar-refractivity contribution < 1.29 is 7.56 Å². The van der Waals surface area contributed by atoms with Gasteiger partial charge in [0, 0.05) is 0 Å². The molecule has 0 aromatic carbocycles. The van der Waals surface area contributed by atoms with Gasteiger partial charge in [-0.3, -0.25) is 0 Å². The van der Waals surface area contributed by atoms with E-state index in [0.717, 1.165) is 13.2 Å². The molecule has 0 aromatic rings. The van der Waals surface area contributed by atoms with Crippen molar-refractivity contribution in [2.45, 2.75) is 33.6 Å². The van der Waals surface area contributed by atoms with Gasteiger partial charge in [0.15, 0.2) is 0 Å². The van der Waals surface area contributed by atoms with Gasteiger partial charge in [0.05, 0.1) is 0 Å². The molecule has 0 aromatic heterocycles. The molecule has 0 spiro atoms. The molecule has 5 heteroatoms. The van der Waals surface area contributed by atoms with E-state index in [-0.39, 0.29) is 0 Å². The van der Waals surface area contributed by atoms with Gasteiger partial charge in [0.25, 0.3) is 0 Å². The van der Waals surface area contributed by atoms with Crippen molar-refractivity contribution in [1.29, 1.82) is 0 Å². The van der Waals surface area contributed by atoms with Crippen LogP contribution in [-0.4, -0.2) is 51.6 Å². The van der Waals surface area contributed by atoms with Gasteiger partial charge in [-0.25, -0.2) is 0 Å². The van der Waals surface area contributed by atoms with Crippen molar-refractivity contribution in [3.8, 4) is 0 Å². The molecular formula is C8H22O3Sn2. The molecule has 0 amide bonds. The van der Waals surface area contributed by atoms with Gasteiger partial charge in [0.1, 0.15) is 0 Å². The molecule has 0 heterocycles. The first-order valence-electron chi connectivity index (χ1n) is 4.81. The van der Waals surface area contributed by atoms with E-state index in [4.69, 9.17) is 7.56 Å². The Labute approximate surface area is 92.1 Å². The van der Waals surface area contributed by atoms with E-state index in [9.17, 15) is 0 Å². The molecule has 0 N–H and O–H groups in total. The minimum absolute atomic E-state index is 0.761. The molecule has 0 aliphatic rings. The Kier molecular flexibility index (Phi) is 6.84.